The van der Waals surface area contributed by atoms with Crippen LogP contribution in [0.15, 0.2) is 18.2 Å². The Balaban J connectivity index is 2.98. The van der Waals surface area contributed by atoms with Gasteiger partial charge < -0.3 is 0 Å². The summed E-state index contributed by atoms with van der Waals surface area (Å²) in [5, 5.41) is 21.4. The quantitative estimate of drug-likeness (QED) is 0.612. The average molecular weight is 279 g/mol. The molecule has 1 aromatic carbocycles. The Morgan fingerprint density at radius 1 is 1.06 bits per heavy atom. The van der Waals surface area contributed by atoms with Crippen molar-refractivity contribution in [3.63, 3.8) is 0 Å². The van der Waals surface area contributed by atoms with Gasteiger partial charge in [0.2, 0.25) is 13.1 Å². The minimum absolute atomic E-state index is 0.223. The SMILES string of the molecule is O=[N+]([O-])CC(C[N+](=O)[O-])c1ccc(Cl)c(Cl)c1. The topological polar surface area (TPSA) is 86.3 Å². The van der Waals surface area contributed by atoms with Gasteiger partial charge in [-0.25, -0.2) is 0 Å². The van der Waals surface area contributed by atoms with Crippen LogP contribution in [0.3, 0.4) is 0 Å². The first-order valence-corrected chi connectivity index (χ1v) is 5.34. The van der Waals surface area contributed by atoms with Crippen molar-refractivity contribution in [1.29, 1.82) is 0 Å². The number of nitrogens with zero attached hydrogens (tertiary/aromatic N) is 2. The molecule has 0 atom stereocenters. The summed E-state index contributed by atoms with van der Waals surface area (Å²) < 4.78 is 0. The molecule has 0 heterocycles. The Kier molecular flexibility index (Phi) is 4.65. The van der Waals surface area contributed by atoms with Gasteiger partial charge in [-0.15, -0.1) is 0 Å². The van der Waals surface area contributed by atoms with Crippen LogP contribution in [0.2, 0.25) is 10.0 Å². The molecular formula is C9H8Cl2N2O4. The number of hydrogen-bond donors (Lipinski definition) is 0. The third-order valence-corrected chi connectivity index (χ3v) is 2.89. The summed E-state index contributed by atoms with van der Waals surface area (Å²) in [6, 6.07) is 4.39. The first-order valence-electron chi connectivity index (χ1n) is 4.58. The molecule has 0 N–H and O–H groups in total. The highest BCUT2D eigenvalue weighted by Crippen LogP contribution is 2.26. The van der Waals surface area contributed by atoms with Crippen LogP contribution in [-0.4, -0.2) is 22.9 Å². The maximum atomic E-state index is 10.4. The van der Waals surface area contributed by atoms with Gasteiger partial charge in [-0.05, 0) is 17.7 Å². The van der Waals surface area contributed by atoms with E-state index in [4.69, 9.17) is 23.2 Å². The van der Waals surface area contributed by atoms with E-state index in [2.05, 4.69) is 0 Å². The zero-order valence-corrected chi connectivity index (χ0v) is 10.0. The maximum Gasteiger partial charge on any atom is 0.217 e. The van der Waals surface area contributed by atoms with Crippen LogP contribution in [0.1, 0.15) is 11.5 Å². The van der Waals surface area contributed by atoms with E-state index in [0.29, 0.717) is 10.6 Å². The minimum Gasteiger partial charge on any atom is -0.265 e. The van der Waals surface area contributed by atoms with Gasteiger partial charge in [0.15, 0.2) is 0 Å². The molecule has 0 fully saturated rings. The fourth-order valence-electron chi connectivity index (χ4n) is 1.39. The Bertz CT molecular complexity index is 437. The summed E-state index contributed by atoms with van der Waals surface area (Å²) in [4.78, 5) is 19.7. The number of benzene rings is 1. The Morgan fingerprint density at radius 3 is 2.00 bits per heavy atom. The highest BCUT2D eigenvalue weighted by atomic mass is 35.5. The van der Waals surface area contributed by atoms with Gasteiger partial charge >= 0.3 is 0 Å². The maximum absolute atomic E-state index is 10.4. The van der Waals surface area contributed by atoms with Crippen LogP contribution in [0.5, 0.6) is 0 Å². The van der Waals surface area contributed by atoms with Crippen LogP contribution in [0, 0.1) is 20.2 Å². The first-order chi connectivity index (χ1) is 7.90. The summed E-state index contributed by atoms with van der Waals surface area (Å²) in [5.74, 6) is -0.810. The number of nitro groups is 2. The lowest BCUT2D eigenvalue weighted by Crippen LogP contribution is -2.20. The zero-order chi connectivity index (χ0) is 13.0. The molecule has 6 nitrogen and oxygen atoms in total. The van der Waals surface area contributed by atoms with Crippen molar-refractivity contribution in [3.05, 3.63) is 54.0 Å². The van der Waals surface area contributed by atoms with E-state index in [1.54, 1.807) is 0 Å². The zero-order valence-electron chi connectivity index (χ0n) is 8.51. The predicted molar refractivity (Wildman–Crippen MR) is 62.9 cm³/mol. The standard InChI is InChI=1S/C9H8Cl2N2O4/c10-8-2-1-6(3-9(8)11)7(4-12(14)15)5-13(16)17/h1-3,7H,4-5H2. The summed E-state index contributed by atoms with van der Waals surface area (Å²) in [6.45, 7) is -1.03. The number of hydrogen-bond acceptors (Lipinski definition) is 4. The third-order valence-electron chi connectivity index (χ3n) is 2.15. The minimum atomic E-state index is -0.810. The third kappa shape index (κ3) is 4.16. The van der Waals surface area contributed by atoms with Gasteiger partial charge in [0.05, 0.1) is 10.0 Å². The predicted octanol–water partition coefficient (Wildman–Crippen LogP) is 2.63. The summed E-state index contributed by atoms with van der Waals surface area (Å²) in [6.07, 6.45) is 0. The monoisotopic (exact) mass is 278 g/mol. The molecule has 17 heavy (non-hydrogen) atoms. The van der Waals surface area contributed by atoms with E-state index >= 15 is 0 Å². The molecule has 8 heteroatoms. The van der Waals surface area contributed by atoms with Crippen molar-refractivity contribution in [2.24, 2.45) is 0 Å². The molecule has 1 aromatic rings. The van der Waals surface area contributed by atoms with Crippen LogP contribution in [-0.2, 0) is 0 Å². The van der Waals surface area contributed by atoms with E-state index < -0.39 is 28.9 Å². The molecule has 0 saturated carbocycles. The van der Waals surface area contributed by atoms with E-state index in [1.165, 1.54) is 18.2 Å². The van der Waals surface area contributed by atoms with Gasteiger partial charge in [-0.2, -0.15) is 0 Å². The van der Waals surface area contributed by atoms with E-state index in [-0.39, 0.29) is 5.02 Å². The lowest BCUT2D eigenvalue weighted by Gasteiger charge is -2.09. The highest BCUT2D eigenvalue weighted by Gasteiger charge is 2.24. The molecule has 0 bridgehead atoms. The fourth-order valence-corrected chi connectivity index (χ4v) is 1.70. The summed E-state index contributed by atoms with van der Waals surface area (Å²) >= 11 is 11.5. The van der Waals surface area contributed by atoms with Gasteiger partial charge in [0, 0.05) is 9.85 Å². The molecular weight excluding hydrogens is 271 g/mol. The molecule has 92 valence electrons. The van der Waals surface area contributed by atoms with Crippen LogP contribution in [0.4, 0.5) is 0 Å². The van der Waals surface area contributed by atoms with Gasteiger partial charge in [0.25, 0.3) is 0 Å². The molecule has 0 amide bonds. The van der Waals surface area contributed by atoms with Gasteiger partial charge in [0.1, 0.15) is 5.92 Å². The smallest absolute Gasteiger partial charge is 0.217 e. The number of halogens is 2. The summed E-state index contributed by atoms with van der Waals surface area (Å²) in [5.41, 5.74) is 0.438. The molecule has 0 aliphatic heterocycles. The number of rotatable bonds is 5. The highest BCUT2D eigenvalue weighted by molar-refractivity contribution is 6.42. The van der Waals surface area contributed by atoms with Crippen molar-refractivity contribution in [2.45, 2.75) is 5.92 Å². The van der Waals surface area contributed by atoms with Crippen molar-refractivity contribution in [3.8, 4) is 0 Å². The molecule has 0 aliphatic carbocycles. The lowest BCUT2D eigenvalue weighted by molar-refractivity contribution is -0.516. The second-order valence-corrected chi connectivity index (χ2v) is 4.22. The molecule has 0 aliphatic rings. The van der Waals surface area contributed by atoms with Crippen molar-refractivity contribution in [2.75, 3.05) is 13.1 Å². The molecule has 0 aromatic heterocycles. The van der Waals surface area contributed by atoms with E-state index in [0.717, 1.165) is 0 Å². The van der Waals surface area contributed by atoms with Crippen LogP contribution >= 0.6 is 23.2 Å². The second kappa shape index (κ2) is 5.79. The van der Waals surface area contributed by atoms with E-state index in [9.17, 15) is 20.2 Å². The van der Waals surface area contributed by atoms with Crippen LogP contribution in [0.25, 0.3) is 0 Å². The molecule has 0 unspecified atom stereocenters. The molecule has 0 saturated heterocycles. The Morgan fingerprint density at radius 2 is 1.59 bits per heavy atom. The van der Waals surface area contributed by atoms with Crippen LogP contribution < -0.4 is 0 Å². The van der Waals surface area contributed by atoms with E-state index in [1.807, 2.05) is 0 Å². The van der Waals surface area contributed by atoms with Crippen molar-refractivity contribution < 1.29 is 9.85 Å². The summed E-state index contributed by atoms with van der Waals surface area (Å²) in [7, 11) is 0. The molecule has 0 radical (unpaired) electrons. The average Bonchev–Trinajstić information content (AvgIpc) is 2.19. The Labute approximate surface area is 106 Å². The molecule has 0 spiro atoms. The van der Waals surface area contributed by atoms with Crippen molar-refractivity contribution >= 4 is 23.2 Å². The molecule has 1 rings (SSSR count). The van der Waals surface area contributed by atoms with Gasteiger partial charge in [-0.1, -0.05) is 29.3 Å². The van der Waals surface area contributed by atoms with Crippen molar-refractivity contribution in [1.82, 2.24) is 0 Å². The largest absolute Gasteiger partial charge is 0.265 e. The Hall–Kier alpha value is -1.40. The fraction of sp³-hybridized carbons (Fsp3) is 0.333. The van der Waals surface area contributed by atoms with Gasteiger partial charge in [-0.3, -0.25) is 20.2 Å². The second-order valence-electron chi connectivity index (χ2n) is 3.40. The first kappa shape index (κ1) is 13.7. The lowest BCUT2D eigenvalue weighted by atomic mass is 9.99. The normalized spacial score (nSPS) is 10.5.